The Morgan fingerprint density at radius 3 is 2.47 bits per heavy atom. The summed E-state index contributed by atoms with van der Waals surface area (Å²) in [7, 11) is 3.15. The molecule has 0 aliphatic heterocycles. The Bertz CT molecular complexity index is 416. The summed E-state index contributed by atoms with van der Waals surface area (Å²) in [5.74, 6) is 1.36. The minimum absolute atomic E-state index is 0.131. The van der Waals surface area contributed by atoms with Crippen LogP contribution in [0.3, 0.4) is 0 Å². The van der Waals surface area contributed by atoms with Crippen LogP contribution >= 0.6 is 0 Å². The molecule has 1 aromatic carbocycles. The Kier molecular flexibility index (Phi) is 6.36. The predicted octanol–water partition coefficient (Wildman–Crippen LogP) is 2.66. The van der Waals surface area contributed by atoms with Gasteiger partial charge in [0.25, 0.3) is 0 Å². The van der Waals surface area contributed by atoms with E-state index in [0.717, 1.165) is 13.0 Å². The van der Waals surface area contributed by atoms with E-state index in [2.05, 4.69) is 19.2 Å². The van der Waals surface area contributed by atoms with Crippen LogP contribution in [0.25, 0.3) is 0 Å². The number of carbonyl (C=O) groups is 1. The largest absolute Gasteiger partial charge is 0.493 e. The fourth-order valence-electron chi connectivity index (χ4n) is 1.79. The van der Waals surface area contributed by atoms with Crippen LogP contribution in [0.4, 0.5) is 0 Å². The molecular weight excluding hydrogens is 242 g/mol. The molecule has 0 aromatic heterocycles. The van der Waals surface area contributed by atoms with Crippen molar-refractivity contribution in [3.8, 4) is 11.5 Å². The van der Waals surface area contributed by atoms with Crippen molar-refractivity contribution in [3.05, 3.63) is 23.8 Å². The molecule has 0 spiro atoms. The maximum Gasteiger partial charge on any atom is 0.163 e. The van der Waals surface area contributed by atoms with Crippen LogP contribution in [0.5, 0.6) is 11.5 Å². The molecule has 0 aliphatic carbocycles. The highest BCUT2D eigenvalue weighted by Crippen LogP contribution is 2.28. The average Bonchev–Trinajstić information content (AvgIpc) is 2.42. The van der Waals surface area contributed by atoms with Crippen LogP contribution in [0.15, 0.2) is 18.2 Å². The average molecular weight is 265 g/mol. The molecule has 0 saturated carbocycles. The van der Waals surface area contributed by atoms with Crippen molar-refractivity contribution in [1.82, 2.24) is 5.32 Å². The molecule has 1 rings (SSSR count). The lowest BCUT2D eigenvalue weighted by Crippen LogP contribution is -2.24. The third kappa shape index (κ3) is 4.91. The van der Waals surface area contributed by atoms with E-state index < -0.39 is 0 Å². The molecule has 1 aromatic rings. The fourth-order valence-corrected chi connectivity index (χ4v) is 1.79. The highest BCUT2D eigenvalue weighted by Gasteiger charge is 2.10. The maximum atomic E-state index is 12.0. The minimum Gasteiger partial charge on any atom is -0.493 e. The van der Waals surface area contributed by atoms with Crippen molar-refractivity contribution in [1.29, 1.82) is 0 Å². The second kappa shape index (κ2) is 7.79. The first-order chi connectivity index (χ1) is 9.08. The molecule has 0 saturated heterocycles. The number of benzene rings is 1. The normalized spacial score (nSPS) is 10.6. The molecule has 106 valence electrons. The van der Waals surface area contributed by atoms with E-state index in [1.807, 2.05) is 0 Å². The summed E-state index contributed by atoms with van der Waals surface area (Å²) in [6, 6.07) is 5.73. The van der Waals surface area contributed by atoms with Gasteiger partial charge in [0.15, 0.2) is 17.3 Å². The number of hydrogen-bond donors (Lipinski definition) is 1. The zero-order valence-corrected chi connectivity index (χ0v) is 12.2. The van der Waals surface area contributed by atoms with Gasteiger partial charge in [-0.25, -0.2) is 0 Å². The Morgan fingerprint density at radius 1 is 1.21 bits per heavy atom. The van der Waals surface area contributed by atoms with E-state index >= 15 is 0 Å². The van der Waals surface area contributed by atoms with Gasteiger partial charge < -0.3 is 14.8 Å². The second-order valence-electron chi connectivity index (χ2n) is 4.71. The number of Topliss-reactive ketones (excluding diaryl/α,β-unsaturated/α-hetero) is 1. The molecule has 4 nitrogen and oxygen atoms in total. The third-order valence-electron chi connectivity index (χ3n) is 2.84. The van der Waals surface area contributed by atoms with Gasteiger partial charge in [-0.05, 0) is 31.2 Å². The SMILES string of the molecule is COc1ccc(C(=O)CCCNC(C)C)cc1OC. The maximum absolute atomic E-state index is 12.0. The first-order valence-corrected chi connectivity index (χ1v) is 6.57. The zero-order valence-electron chi connectivity index (χ0n) is 12.2. The third-order valence-corrected chi connectivity index (χ3v) is 2.84. The zero-order chi connectivity index (χ0) is 14.3. The van der Waals surface area contributed by atoms with Crippen LogP contribution in [-0.2, 0) is 0 Å². The molecule has 0 radical (unpaired) electrons. The molecule has 19 heavy (non-hydrogen) atoms. The van der Waals surface area contributed by atoms with Crippen molar-refractivity contribution in [2.45, 2.75) is 32.7 Å². The number of ether oxygens (including phenoxy) is 2. The van der Waals surface area contributed by atoms with Gasteiger partial charge in [-0.15, -0.1) is 0 Å². The standard InChI is InChI=1S/C15H23NO3/c1-11(2)16-9-5-6-13(17)12-7-8-14(18-3)15(10-12)19-4/h7-8,10-11,16H,5-6,9H2,1-4H3. The molecule has 0 heterocycles. The van der Waals surface area contributed by atoms with Crippen molar-refractivity contribution in [3.63, 3.8) is 0 Å². The van der Waals surface area contributed by atoms with E-state index in [4.69, 9.17) is 9.47 Å². The molecule has 0 atom stereocenters. The lowest BCUT2D eigenvalue weighted by molar-refractivity contribution is 0.0979. The first-order valence-electron chi connectivity index (χ1n) is 6.57. The van der Waals surface area contributed by atoms with Crippen LogP contribution in [0.1, 0.15) is 37.0 Å². The minimum atomic E-state index is 0.131. The number of rotatable bonds is 8. The molecular formula is C15H23NO3. The summed E-state index contributed by atoms with van der Waals surface area (Å²) in [4.78, 5) is 12.0. The smallest absolute Gasteiger partial charge is 0.163 e. The topological polar surface area (TPSA) is 47.6 Å². The van der Waals surface area contributed by atoms with Gasteiger partial charge in [0, 0.05) is 18.0 Å². The van der Waals surface area contributed by atoms with E-state index in [9.17, 15) is 4.79 Å². The molecule has 0 amide bonds. The number of ketones is 1. The predicted molar refractivity (Wildman–Crippen MR) is 76.2 cm³/mol. The highest BCUT2D eigenvalue weighted by atomic mass is 16.5. The quantitative estimate of drug-likeness (QED) is 0.580. The Hall–Kier alpha value is -1.55. The van der Waals surface area contributed by atoms with E-state index in [-0.39, 0.29) is 5.78 Å². The number of carbonyl (C=O) groups excluding carboxylic acids is 1. The summed E-state index contributed by atoms with van der Waals surface area (Å²) >= 11 is 0. The summed E-state index contributed by atoms with van der Waals surface area (Å²) < 4.78 is 10.3. The van der Waals surface area contributed by atoms with Gasteiger partial charge in [-0.1, -0.05) is 13.8 Å². The summed E-state index contributed by atoms with van der Waals surface area (Å²) in [5, 5.41) is 3.30. The van der Waals surface area contributed by atoms with Crippen LogP contribution in [-0.4, -0.2) is 32.6 Å². The van der Waals surface area contributed by atoms with Crippen LogP contribution < -0.4 is 14.8 Å². The van der Waals surface area contributed by atoms with Crippen molar-refractivity contribution < 1.29 is 14.3 Å². The molecule has 0 aliphatic rings. The van der Waals surface area contributed by atoms with Gasteiger partial charge >= 0.3 is 0 Å². The van der Waals surface area contributed by atoms with Crippen LogP contribution in [0, 0.1) is 0 Å². The molecule has 0 bridgehead atoms. The fraction of sp³-hybridized carbons (Fsp3) is 0.533. The van der Waals surface area contributed by atoms with E-state index in [0.29, 0.717) is 29.5 Å². The first kappa shape index (κ1) is 15.5. The Morgan fingerprint density at radius 2 is 1.89 bits per heavy atom. The van der Waals surface area contributed by atoms with E-state index in [1.54, 1.807) is 32.4 Å². The van der Waals surface area contributed by atoms with Crippen molar-refractivity contribution in [2.24, 2.45) is 0 Å². The Balaban J connectivity index is 2.57. The number of nitrogens with one attached hydrogen (secondary N) is 1. The number of hydrogen-bond acceptors (Lipinski definition) is 4. The molecule has 0 fully saturated rings. The summed E-state index contributed by atoms with van der Waals surface area (Å²) in [5.41, 5.74) is 0.669. The van der Waals surface area contributed by atoms with Crippen molar-refractivity contribution in [2.75, 3.05) is 20.8 Å². The number of methoxy groups -OCH3 is 2. The summed E-state index contributed by atoms with van der Waals surface area (Å²) in [6.45, 7) is 5.04. The van der Waals surface area contributed by atoms with Gasteiger partial charge in [-0.2, -0.15) is 0 Å². The second-order valence-corrected chi connectivity index (χ2v) is 4.71. The van der Waals surface area contributed by atoms with Gasteiger partial charge in [0.1, 0.15) is 0 Å². The van der Waals surface area contributed by atoms with E-state index in [1.165, 1.54) is 0 Å². The van der Waals surface area contributed by atoms with Crippen molar-refractivity contribution >= 4 is 5.78 Å². The van der Waals surface area contributed by atoms with Crippen LogP contribution in [0.2, 0.25) is 0 Å². The molecule has 1 N–H and O–H groups in total. The molecule has 0 unspecified atom stereocenters. The summed E-state index contributed by atoms with van der Waals surface area (Å²) in [6.07, 6.45) is 1.38. The lowest BCUT2D eigenvalue weighted by atomic mass is 10.1. The molecule has 4 heteroatoms. The highest BCUT2D eigenvalue weighted by molar-refractivity contribution is 5.96. The Labute approximate surface area is 115 Å². The monoisotopic (exact) mass is 265 g/mol. The lowest BCUT2D eigenvalue weighted by Gasteiger charge is -2.10. The van der Waals surface area contributed by atoms with Gasteiger partial charge in [0.2, 0.25) is 0 Å². The van der Waals surface area contributed by atoms with Gasteiger partial charge in [0.05, 0.1) is 14.2 Å². The van der Waals surface area contributed by atoms with Gasteiger partial charge in [-0.3, -0.25) is 4.79 Å².